The van der Waals surface area contributed by atoms with Crippen LogP contribution in [0.15, 0.2) is 0 Å². The van der Waals surface area contributed by atoms with Crippen LogP contribution in [0.2, 0.25) is 0 Å². The van der Waals surface area contributed by atoms with Crippen molar-refractivity contribution in [2.75, 3.05) is 26.8 Å². The molecule has 1 aliphatic heterocycles. The summed E-state index contributed by atoms with van der Waals surface area (Å²) in [6, 6.07) is -0.883. The highest BCUT2D eigenvalue weighted by molar-refractivity contribution is 5.93. The first-order valence-electron chi connectivity index (χ1n) is 7.67. The lowest BCUT2D eigenvalue weighted by molar-refractivity contribution is -0.172. The van der Waals surface area contributed by atoms with Gasteiger partial charge in [0.05, 0.1) is 6.61 Å². The molecule has 8 nitrogen and oxygen atoms in total. The van der Waals surface area contributed by atoms with Crippen molar-refractivity contribution in [3.63, 3.8) is 0 Å². The molecule has 0 aromatic rings. The van der Waals surface area contributed by atoms with E-state index in [0.29, 0.717) is 19.5 Å². The number of nitrogens with two attached hydrogens (primary N) is 1. The number of nitrogens with zero attached hydrogens (tertiary/aromatic N) is 1. The molecular formula is C15H27N3O5. The number of esters is 1. The maximum absolute atomic E-state index is 12.7. The van der Waals surface area contributed by atoms with Crippen molar-refractivity contribution in [2.24, 2.45) is 5.73 Å². The Kier molecular flexibility index (Phi) is 6.52. The SMILES string of the molecule is COC[C@@]1(C(=O)OC(C)(C)C)CCCN1CCC(=O)NC(N)=O. The Morgan fingerprint density at radius 3 is 2.48 bits per heavy atom. The molecule has 132 valence electrons. The van der Waals surface area contributed by atoms with Crippen LogP contribution in [-0.2, 0) is 19.1 Å². The van der Waals surface area contributed by atoms with Gasteiger partial charge in [-0.3, -0.25) is 15.0 Å². The van der Waals surface area contributed by atoms with Crippen molar-refractivity contribution in [1.82, 2.24) is 10.2 Å². The minimum Gasteiger partial charge on any atom is -0.459 e. The number of urea groups is 1. The monoisotopic (exact) mass is 329 g/mol. The molecule has 23 heavy (non-hydrogen) atoms. The normalized spacial score (nSPS) is 21.9. The number of carbonyl (C=O) groups excluding carboxylic acids is 3. The van der Waals surface area contributed by atoms with Gasteiger partial charge in [-0.1, -0.05) is 0 Å². The fourth-order valence-electron chi connectivity index (χ4n) is 2.76. The number of methoxy groups -OCH3 is 1. The third kappa shape index (κ3) is 5.47. The van der Waals surface area contributed by atoms with Gasteiger partial charge in [-0.2, -0.15) is 0 Å². The van der Waals surface area contributed by atoms with E-state index in [9.17, 15) is 14.4 Å². The minimum atomic E-state index is -0.894. The molecule has 1 rings (SSSR count). The molecule has 1 fully saturated rings. The van der Waals surface area contributed by atoms with Crippen LogP contribution in [0.25, 0.3) is 0 Å². The number of amides is 3. The summed E-state index contributed by atoms with van der Waals surface area (Å²) in [5.41, 5.74) is 3.42. The number of likely N-dealkylation sites (tertiary alicyclic amines) is 1. The molecule has 0 saturated carbocycles. The molecule has 0 radical (unpaired) electrons. The highest BCUT2D eigenvalue weighted by atomic mass is 16.6. The lowest BCUT2D eigenvalue weighted by Gasteiger charge is -2.37. The highest BCUT2D eigenvalue weighted by Crippen LogP contribution is 2.32. The number of primary amides is 1. The van der Waals surface area contributed by atoms with Gasteiger partial charge >= 0.3 is 12.0 Å². The Morgan fingerprint density at radius 1 is 1.30 bits per heavy atom. The number of rotatable bonds is 6. The fourth-order valence-corrected chi connectivity index (χ4v) is 2.76. The zero-order valence-electron chi connectivity index (χ0n) is 14.3. The smallest absolute Gasteiger partial charge is 0.329 e. The highest BCUT2D eigenvalue weighted by Gasteiger charge is 2.49. The summed E-state index contributed by atoms with van der Waals surface area (Å²) in [5.74, 6) is -0.820. The second-order valence-electron chi connectivity index (χ2n) is 6.72. The molecule has 0 unspecified atom stereocenters. The van der Waals surface area contributed by atoms with Gasteiger partial charge in [0.1, 0.15) is 11.1 Å². The van der Waals surface area contributed by atoms with Gasteiger partial charge in [0, 0.05) is 20.1 Å². The molecular weight excluding hydrogens is 302 g/mol. The predicted octanol–water partition coefficient (Wildman–Crippen LogP) is 0.394. The van der Waals surface area contributed by atoms with E-state index in [1.54, 1.807) is 0 Å². The van der Waals surface area contributed by atoms with Crippen molar-refractivity contribution >= 4 is 17.9 Å². The van der Waals surface area contributed by atoms with Crippen LogP contribution in [-0.4, -0.2) is 60.8 Å². The maximum Gasteiger partial charge on any atom is 0.329 e. The summed E-state index contributed by atoms with van der Waals surface area (Å²) in [5, 5.41) is 2.02. The van der Waals surface area contributed by atoms with Crippen molar-refractivity contribution in [2.45, 2.75) is 51.2 Å². The van der Waals surface area contributed by atoms with Crippen LogP contribution in [0, 0.1) is 0 Å². The van der Waals surface area contributed by atoms with Gasteiger partial charge < -0.3 is 15.2 Å². The second-order valence-corrected chi connectivity index (χ2v) is 6.72. The van der Waals surface area contributed by atoms with Crippen molar-refractivity contribution < 1.29 is 23.9 Å². The Morgan fingerprint density at radius 2 is 1.96 bits per heavy atom. The van der Waals surface area contributed by atoms with Gasteiger partial charge in [0.2, 0.25) is 5.91 Å². The van der Waals surface area contributed by atoms with Crippen LogP contribution >= 0.6 is 0 Å². The molecule has 0 aromatic heterocycles. The topological polar surface area (TPSA) is 111 Å². The van der Waals surface area contributed by atoms with Gasteiger partial charge in [-0.15, -0.1) is 0 Å². The molecule has 0 bridgehead atoms. The Labute approximate surface area is 136 Å². The summed E-state index contributed by atoms with van der Waals surface area (Å²) in [4.78, 5) is 36.9. The number of hydrogen-bond acceptors (Lipinski definition) is 6. The van der Waals surface area contributed by atoms with Gasteiger partial charge in [0.25, 0.3) is 0 Å². The average molecular weight is 329 g/mol. The molecule has 3 N–H and O–H groups in total. The maximum atomic E-state index is 12.7. The number of nitrogens with one attached hydrogen (secondary N) is 1. The molecule has 1 heterocycles. The van der Waals surface area contributed by atoms with E-state index in [1.165, 1.54) is 7.11 Å². The summed E-state index contributed by atoms with van der Waals surface area (Å²) in [7, 11) is 1.53. The van der Waals surface area contributed by atoms with E-state index in [0.717, 1.165) is 6.42 Å². The van der Waals surface area contributed by atoms with E-state index >= 15 is 0 Å². The molecule has 1 atom stereocenters. The van der Waals surface area contributed by atoms with Gasteiger partial charge in [-0.05, 0) is 40.2 Å². The summed E-state index contributed by atoms with van der Waals surface area (Å²) in [6.07, 6.45) is 1.48. The van der Waals surface area contributed by atoms with E-state index in [-0.39, 0.29) is 19.0 Å². The minimum absolute atomic E-state index is 0.0667. The first kappa shape index (κ1) is 19.4. The third-order valence-electron chi connectivity index (χ3n) is 3.66. The van der Waals surface area contributed by atoms with Crippen LogP contribution in [0.5, 0.6) is 0 Å². The number of carbonyl (C=O) groups is 3. The molecule has 0 aliphatic carbocycles. The Hall–Kier alpha value is -1.67. The quantitative estimate of drug-likeness (QED) is 0.682. The first-order chi connectivity index (χ1) is 10.6. The van der Waals surface area contributed by atoms with Crippen molar-refractivity contribution in [3.05, 3.63) is 0 Å². The summed E-state index contributed by atoms with van der Waals surface area (Å²) >= 11 is 0. The lowest BCUT2D eigenvalue weighted by atomic mass is 9.96. The van der Waals surface area contributed by atoms with Crippen molar-refractivity contribution in [3.8, 4) is 0 Å². The molecule has 3 amide bonds. The Bertz CT molecular complexity index is 461. The fraction of sp³-hybridized carbons (Fsp3) is 0.800. The number of imide groups is 1. The largest absolute Gasteiger partial charge is 0.459 e. The molecule has 0 spiro atoms. The number of ether oxygens (including phenoxy) is 2. The average Bonchev–Trinajstić information content (AvgIpc) is 2.78. The third-order valence-corrected chi connectivity index (χ3v) is 3.66. The Balaban J connectivity index is 2.81. The van der Waals surface area contributed by atoms with E-state index in [1.807, 2.05) is 31.0 Å². The van der Waals surface area contributed by atoms with Crippen LogP contribution in [0.1, 0.15) is 40.0 Å². The number of hydrogen-bond donors (Lipinski definition) is 2. The van der Waals surface area contributed by atoms with E-state index in [4.69, 9.17) is 15.2 Å². The zero-order valence-corrected chi connectivity index (χ0v) is 14.3. The van der Waals surface area contributed by atoms with Crippen molar-refractivity contribution in [1.29, 1.82) is 0 Å². The van der Waals surface area contributed by atoms with Crippen LogP contribution in [0.3, 0.4) is 0 Å². The molecule has 1 saturated heterocycles. The second kappa shape index (κ2) is 7.74. The molecule has 1 aliphatic rings. The predicted molar refractivity (Wildman–Crippen MR) is 83.6 cm³/mol. The van der Waals surface area contributed by atoms with Gasteiger partial charge in [0.15, 0.2) is 0 Å². The first-order valence-corrected chi connectivity index (χ1v) is 7.67. The molecule has 0 aromatic carbocycles. The van der Waals surface area contributed by atoms with E-state index < -0.39 is 23.1 Å². The zero-order chi connectivity index (χ0) is 17.7. The molecule has 8 heteroatoms. The van der Waals surface area contributed by atoms with E-state index in [2.05, 4.69) is 0 Å². The summed E-state index contributed by atoms with van der Waals surface area (Å²) in [6.45, 7) is 6.61. The lowest BCUT2D eigenvalue weighted by Crippen LogP contribution is -2.56. The standard InChI is InChI=1S/C15H27N3O5/c1-14(2,3)23-12(20)15(10-22-4)7-5-8-18(15)9-6-11(19)17-13(16)21/h5-10H2,1-4H3,(H3,16,17,19,21)/t15-/m1/s1. The van der Waals surface area contributed by atoms with Gasteiger partial charge in [-0.25, -0.2) is 9.59 Å². The summed E-state index contributed by atoms with van der Waals surface area (Å²) < 4.78 is 10.8. The van der Waals surface area contributed by atoms with Crippen LogP contribution < -0.4 is 11.1 Å². The van der Waals surface area contributed by atoms with Crippen LogP contribution in [0.4, 0.5) is 4.79 Å².